The van der Waals surface area contributed by atoms with Crippen molar-refractivity contribution in [2.45, 2.75) is 44.9 Å². The van der Waals surface area contributed by atoms with Gasteiger partial charge in [0.15, 0.2) is 0 Å². The Morgan fingerprint density at radius 2 is 1.78 bits per heavy atom. The molecule has 0 spiro atoms. The van der Waals surface area contributed by atoms with Crippen molar-refractivity contribution in [1.82, 2.24) is 10.2 Å². The van der Waals surface area contributed by atoms with Crippen LogP contribution in [0, 0.1) is 0 Å². The van der Waals surface area contributed by atoms with Crippen LogP contribution in [0.2, 0.25) is 0 Å². The third kappa shape index (κ3) is 5.81. The summed E-state index contributed by atoms with van der Waals surface area (Å²) in [6, 6.07) is 18.8. The maximum Gasteiger partial charge on any atom is 0.407 e. The van der Waals surface area contributed by atoms with Gasteiger partial charge in [-0.15, -0.1) is 0 Å². The molecule has 2 aromatic rings. The fourth-order valence-electron chi connectivity index (χ4n) is 3.51. The van der Waals surface area contributed by atoms with E-state index in [1.165, 1.54) is 11.1 Å². The van der Waals surface area contributed by atoms with E-state index in [2.05, 4.69) is 74.7 Å². The predicted molar refractivity (Wildman–Crippen MR) is 112 cm³/mol. The monoisotopic (exact) mass is 430 g/mol. The first-order valence-corrected chi connectivity index (χ1v) is 10.1. The fraction of sp³-hybridized carbons (Fsp3) is 0.409. The van der Waals surface area contributed by atoms with Crippen molar-refractivity contribution in [3.63, 3.8) is 0 Å². The van der Waals surface area contributed by atoms with Crippen LogP contribution in [-0.2, 0) is 11.3 Å². The lowest BCUT2D eigenvalue weighted by Crippen LogP contribution is -2.42. The molecule has 5 heteroatoms. The molecule has 0 radical (unpaired) electrons. The Bertz CT molecular complexity index is 756. The molecule has 1 aliphatic rings. The molecule has 144 valence electrons. The molecule has 0 aliphatic carbocycles. The number of ether oxygens (including phenoxy) is 1. The van der Waals surface area contributed by atoms with Gasteiger partial charge in [-0.3, -0.25) is 4.90 Å². The Balaban J connectivity index is 1.74. The first-order chi connectivity index (χ1) is 12.8. The molecule has 1 N–H and O–H groups in total. The molecule has 1 fully saturated rings. The predicted octanol–water partition coefficient (Wildman–Crippen LogP) is 4.94. The van der Waals surface area contributed by atoms with E-state index in [0.29, 0.717) is 0 Å². The van der Waals surface area contributed by atoms with Gasteiger partial charge in [-0.05, 0) is 44.0 Å². The van der Waals surface area contributed by atoms with E-state index in [1.807, 2.05) is 26.8 Å². The molecule has 1 saturated heterocycles. The van der Waals surface area contributed by atoms with Gasteiger partial charge < -0.3 is 10.1 Å². The maximum absolute atomic E-state index is 12.4. The van der Waals surface area contributed by atoms with Crippen molar-refractivity contribution < 1.29 is 9.53 Å². The lowest BCUT2D eigenvalue weighted by Gasteiger charge is -2.24. The van der Waals surface area contributed by atoms with Gasteiger partial charge >= 0.3 is 6.09 Å². The van der Waals surface area contributed by atoms with Crippen LogP contribution in [0.3, 0.4) is 0 Å². The van der Waals surface area contributed by atoms with Gasteiger partial charge in [-0.1, -0.05) is 58.4 Å². The molecule has 3 rings (SSSR count). The van der Waals surface area contributed by atoms with Crippen molar-refractivity contribution in [1.29, 1.82) is 0 Å². The molecule has 0 unspecified atom stereocenters. The number of nitrogens with zero attached hydrogens (tertiary/aromatic N) is 1. The quantitative estimate of drug-likeness (QED) is 0.746. The van der Waals surface area contributed by atoms with Crippen LogP contribution in [0.5, 0.6) is 0 Å². The minimum absolute atomic E-state index is 0.0183. The summed E-state index contributed by atoms with van der Waals surface area (Å²) < 4.78 is 6.54. The molecule has 4 nitrogen and oxygen atoms in total. The topological polar surface area (TPSA) is 41.6 Å². The standard InChI is InChI=1S/C22H27BrN2O2/c1-22(2,3)27-21(26)24-20-15-25(13-16-7-5-4-6-8-16)14-19(20)17-9-11-18(23)12-10-17/h4-12,19-20H,13-15H2,1-3H3,(H,24,26)/t19-,20+/m1/s1. The average Bonchev–Trinajstić information content (AvgIpc) is 2.97. The van der Waals surface area contributed by atoms with Crippen molar-refractivity contribution >= 4 is 22.0 Å². The summed E-state index contributed by atoms with van der Waals surface area (Å²) in [4.78, 5) is 14.7. The molecular weight excluding hydrogens is 404 g/mol. The number of alkyl carbamates (subject to hydrolysis) is 1. The number of nitrogens with one attached hydrogen (secondary N) is 1. The van der Waals surface area contributed by atoms with E-state index in [9.17, 15) is 4.79 Å². The van der Waals surface area contributed by atoms with Crippen LogP contribution in [-0.4, -0.2) is 35.7 Å². The highest BCUT2D eigenvalue weighted by Gasteiger charge is 2.35. The zero-order valence-corrected chi connectivity index (χ0v) is 17.7. The molecule has 0 aromatic heterocycles. The number of carbonyl (C=O) groups is 1. The summed E-state index contributed by atoms with van der Waals surface area (Å²) in [5, 5.41) is 3.10. The van der Waals surface area contributed by atoms with Crippen LogP contribution < -0.4 is 5.32 Å². The number of hydrogen-bond acceptors (Lipinski definition) is 3. The van der Waals surface area contributed by atoms with E-state index in [-0.39, 0.29) is 18.1 Å². The van der Waals surface area contributed by atoms with Crippen LogP contribution >= 0.6 is 15.9 Å². The molecule has 1 amide bonds. The third-order valence-electron chi connectivity index (χ3n) is 4.64. The second-order valence-corrected chi connectivity index (χ2v) is 9.01. The smallest absolute Gasteiger partial charge is 0.407 e. The highest BCUT2D eigenvalue weighted by atomic mass is 79.9. The van der Waals surface area contributed by atoms with Gasteiger partial charge in [0.1, 0.15) is 5.60 Å². The van der Waals surface area contributed by atoms with E-state index in [0.717, 1.165) is 24.1 Å². The maximum atomic E-state index is 12.4. The van der Waals surface area contributed by atoms with Crippen LogP contribution in [0.4, 0.5) is 4.79 Å². The molecular formula is C22H27BrN2O2. The molecule has 1 heterocycles. The van der Waals surface area contributed by atoms with Crippen LogP contribution in [0.15, 0.2) is 59.1 Å². The Kier molecular flexibility index (Phi) is 6.22. The van der Waals surface area contributed by atoms with Gasteiger partial charge in [-0.2, -0.15) is 0 Å². The Hall–Kier alpha value is -1.85. The highest BCUT2D eigenvalue weighted by molar-refractivity contribution is 9.10. The lowest BCUT2D eigenvalue weighted by molar-refractivity contribution is 0.0502. The zero-order chi connectivity index (χ0) is 19.4. The molecule has 2 atom stereocenters. The van der Waals surface area contributed by atoms with Gasteiger partial charge in [0.25, 0.3) is 0 Å². The number of amides is 1. The summed E-state index contributed by atoms with van der Waals surface area (Å²) in [5.41, 5.74) is 2.01. The Labute approximate surface area is 170 Å². The van der Waals surface area contributed by atoms with E-state index in [4.69, 9.17) is 4.74 Å². The first-order valence-electron chi connectivity index (χ1n) is 9.31. The normalized spacial score (nSPS) is 20.4. The fourth-order valence-corrected chi connectivity index (χ4v) is 3.77. The third-order valence-corrected chi connectivity index (χ3v) is 5.17. The largest absolute Gasteiger partial charge is 0.444 e. The summed E-state index contributed by atoms with van der Waals surface area (Å²) in [5.74, 6) is 0.231. The molecule has 27 heavy (non-hydrogen) atoms. The van der Waals surface area contributed by atoms with Gasteiger partial charge in [0.05, 0.1) is 6.04 Å². The molecule has 0 bridgehead atoms. The molecule has 2 aromatic carbocycles. The lowest BCUT2D eigenvalue weighted by atomic mass is 9.94. The Morgan fingerprint density at radius 1 is 1.11 bits per heavy atom. The molecule has 1 aliphatic heterocycles. The summed E-state index contributed by atoms with van der Waals surface area (Å²) in [6.45, 7) is 8.23. The van der Waals surface area contributed by atoms with E-state index < -0.39 is 5.60 Å². The number of benzene rings is 2. The summed E-state index contributed by atoms with van der Waals surface area (Å²) >= 11 is 3.50. The van der Waals surface area contributed by atoms with E-state index in [1.54, 1.807) is 0 Å². The van der Waals surface area contributed by atoms with Crippen molar-refractivity contribution in [2.24, 2.45) is 0 Å². The number of halogens is 1. The summed E-state index contributed by atoms with van der Waals surface area (Å²) in [6.07, 6.45) is -0.351. The number of rotatable bonds is 4. The second kappa shape index (κ2) is 8.44. The number of carbonyl (C=O) groups excluding carboxylic acids is 1. The minimum atomic E-state index is -0.500. The van der Waals surface area contributed by atoms with Gasteiger partial charge in [0.2, 0.25) is 0 Å². The second-order valence-electron chi connectivity index (χ2n) is 8.09. The number of hydrogen-bond donors (Lipinski definition) is 1. The van der Waals surface area contributed by atoms with Gasteiger partial charge in [-0.25, -0.2) is 4.79 Å². The van der Waals surface area contributed by atoms with Crippen molar-refractivity contribution in [2.75, 3.05) is 13.1 Å². The van der Waals surface area contributed by atoms with Crippen LogP contribution in [0.25, 0.3) is 0 Å². The zero-order valence-electron chi connectivity index (χ0n) is 16.1. The van der Waals surface area contributed by atoms with Crippen molar-refractivity contribution in [3.8, 4) is 0 Å². The highest BCUT2D eigenvalue weighted by Crippen LogP contribution is 2.30. The van der Waals surface area contributed by atoms with E-state index >= 15 is 0 Å². The average molecular weight is 431 g/mol. The van der Waals surface area contributed by atoms with Gasteiger partial charge in [0, 0.05) is 30.0 Å². The van der Waals surface area contributed by atoms with Crippen molar-refractivity contribution in [3.05, 3.63) is 70.2 Å². The Morgan fingerprint density at radius 3 is 2.41 bits per heavy atom. The SMILES string of the molecule is CC(C)(C)OC(=O)N[C@H]1CN(Cc2ccccc2)C[C@@H]1c1ccc(Br)cc1. The minimum Gasteiger partial charge on any atom is -0.444 e. The van der Waals surface area contributed by atoms with Crippen LogP contribution in [0.1, 0.15) is 37.8 Å². The first kappa shape index (κ1) is 19.9. The number of likely N-dealkylation sites (tertiary alicyclic amines) is 1. The molecule has 0 saturated carbocycles. The summed E-state index contributed by atoms with van der Waals surface area (Å²) in [7, 11) is 0.